The summed E-state index contributed by atoms with van der Waals surface area (Å²) in [6, 6.07) is 24.3. The summed E-state index contributed by atoms with van der Waals surface area (Å²) in [7, 11) is 1.54. The Morgan fingerprint density at radius 3 is 2.33 bits per heavy atom. The standard InChI is InChI=1S/C40H32Cl2IN3O6/c1-20-4-3-5-28(35(20)47)34-26-15-16-27-33(38(50)45(36(27)48)24-11-9-23(43)10-12-24)29(26)19-30-37(49)46(44-32-17-8-22(41)18-31(32)42)39(51)40(30,34)21-6-13-25(52-2)14-7-21/h3-15,17-18,27,29-30,33-34,44,47H,16,19H2,1-2H3. The van der Waals surface area contributed by atoms with Gasteiger partial charge in [0, 0.05) is 20.1 Å². The zero-order valence-electron chi connectivity index (χ0n) is 28.0. The van der Waals surface area contributed by atoms with Crippen LogP contribution in [0.3, 0.4) is 0 Å². The first-order chi connectivity index (χ1) is 25.0. The average molecular weight is 849 g/mol. The summed E-state index contributed by atoms with van der Waals surface area (Å²) in [6.07, 6.45) is 2.34. The Balaban J connectivity index is 1.34. The number of anilines is 2. The second-order valence-corrected chi connectivity index (χ2v) is 15.8. The van der Waals surface area contributed by atoms with E-state index in [-0.39, 0.29) is 35.4 Å². The third-order valence-corrected chi connectivity index (χ3v) is 12.5. The van der Waals surface area contributed by atoms with Crippen LogP contribution in [-0.4, -0.2) is 40.9 Å². The number of amides is 4. The van der Waals surface area contributed by atoms with Crippen LogP contribution in [0.1, 0.15) is 35.4 Å². The van der Waals surface area contributed by atoms with E-state index in [1.165, 1.54) is 11.0 Å². The lowest BCUT2D eigenvalue weighted by Crippen LogP contribution is -2.53. The molecule has 52 heavy (non-hydrogen) atoms. The van der Waals surface area contributed by atoms with Crippen LogP contribution in [0.2, 0.25) is 10.0 Å². The van der Waals surface area contributed by atoms with Crippen molar-refractivity contribution in [1.29, 1.82) is 0 Å². The van der Waals surface area contributed by atoms with Gasteiger partial charge in [0.05, 0.1) is 46.7 Å². The van der Waals surface area contributed by atoms with Crippen molar-refractivity contribution in [2.45, 2.75) is 31.1 Å². The van der Waals surface area contributed by atoms with Crippen LogP contribution in [0.4, 0.5) is 11.4 Å². The Morgan fingerprint density at radius 1 is 0.904 bits per heavy atom. The largest absolute Gasteiger partial charge is 0.507 e. The van der Waals surface area contributed by atoms with Crippen LogP contribution < -0.4 is 15.1 Å². The number of ether oxygens (including phenoxy) is 1. The number of para-hydroxylation sites is 1. The Labute approximate surface area is 323 Å². The molecule has 2 heterocycles. The van der Waals surface area contributed by atoms with Crippen molar-refractivity contribution in [3.8, 4) is 11.5 Å². The molecular formula is C40H32Cl2IN3O6. The number of aromatic hydroxyl groups is 1. The molecule has 0 radical (unpaired) electrons. The molecule has 1 saturated carbocycles. The van der Waals surface area contributed by atoms with Gasteiger partial charge in [0.2, 0.25) is 11.8 Å². The van der Waals surface area contributed by atoms with Gasteiger partial charge in [0.25, 0.3) is 11.8 Å². The molecule has 4 aromatic carbocycles. The monoisotopic (exact) mass is 847 g/mol. The number of imide groups is 2. The number of hydrogen-bond acceptors (Lipinski definition) is 7. The van der Waals surface area contributed by atoms with Crippen molar-refractivity contribution in [3.63, 3.8) is 0 Å². The van der Waals surface area contributed by atoms with Crippen molar-refractivity contribution < 1.29 is 29.0 Å². The highest BCUT2D eigenvalue weighted by molar-refractivity contribution is 14.1. The Bertz CT molecular complexity index is 2210. The highest BCUT2D eigenvalue weighted by Gasteiger charge is 2.70. The number of benzene rings is 4. The second-order valence-electron chi connectivity index (χ2n) is 13.7. The van der Waals surface area contributed by atoms with E-state index in [2.05, 4.69) is 28.0 Å². The maximum absolute atomic E-state index is 15.4. The van der Waals surface area contributed by atoms with Crippen molar-refractivity contribution in [2.75, 3.05) is 17.4 Å². The van der Waals surface area contributed by atoms with Crippen LogP contribution in [-0.2, 0) is 24.6 Å². The SMILES string of the molecule is COc1ccc(C23C(=O)N(Nc4ccc(Cl)cc4Cl)C(=O)C2CC2C(=CCC4C(=O)N(c5ccc(I)cc5)C(=O)C42)C3c2cccc(C)c2O)cc1. The molecule has 6 unspecified atom stereocenters. The number of aryl methyl sites for hydroxylation is 1. The predicted molar refractivity (Wildman–Crippen MR) is 205 cm³/mol. The number of rotatable bonds is 6. The molecule has 4 amide bonds. The number of halogens is 3. The van der Waals surface area contributed by atoms with Gasteiger partial charge in [0.1, 0.15) is 11.5 Å². The topological polar surface area (TPSA) is 116 Å². The lowest BCUT2D eigenvalue weighted by molar-refractivity contribution is -0.138. The number of carbonyl (C=O) groups excluding carboxylic acids is 4. The van der Waals surface area contributed by atoms with Crippen molar-refractivity contribution in [2.24, 2.45) is 23.7 Å². The van der Waals surface area contributed by atoms with E-state index in [0.717, 1.165) is 14.2 Å². The number of phenols is 1. The minimum Gasteiger partial charge on any atom is -0.507 e. The molecule has 0 aromatic heterocycles. The van der Waals surface area contributed by atoms with E-state index in [1.807, 2.05) is 24.3 Å². The minimum atomic E-state index is -1.57. The molecule has 8 rings (SSSR count). The minimum absolute atomic E-state index is 0.00967. The molecule has 4 aliphatic rings. The van der Waals surface area contributed by atoms with E-state index in [9.17, 15) is 19.5 Å². The van der Waals surface area contributed by atoms with E-state index in [1.54, 1.807) is 74.7 Å². The fourth-order valence-electron chi connectivity index (χ4n) is 8.95. The second kappa shape index (κ2) is 12.9. The Kier molecular flexibility index (Phi) is 8.62. The summed E-state index contributed by atoms with van der Waals surface area (Å²) in [4.78, 5) is 60.1. The molecule has 9 nitrogen and oxygen atoms in total. The molecule has 6 atom stereocenters. The van der Waals surface area contributed by atoms with Crippen molar-refractivity contribution in [3.05, 3.63) is 127 Å². The number of fused-ring (bicyclic) bond motifs is 4. The summed E-state index contributed by atoms with van der Waals surface area (Å²) < 4.78 is 6.43. The first kappa shape index (κ1) is 34.7. The molecule has 3 fully saturated rings. The van der Waals surface area contributed by atoms with Crippen LogP contribution in [0, 0.1) is 34.2 Å². The van der Waals surface area contributed by atoms with Gasteiger partial charge < -0.3 is 9.84 Å². The average Bonchev–Trinajstić information content (AvgIpc) is 3.52. The van der Waals surface area contributed by atoms with Gasteiger partial charge in [-0.2, -0.15) is 5.01 Å². The van der Waals surface area contributed by atoms with Gasteiger partial charge >= 0.3 is 0 Å². The molecule has 2 saturated heterocycles. The zero-order valence-corrected chi connectivity index (χ0v) is 31.6. The molecular weight excluding hydrogens is 816 g/mol. The van der Waals surface area contributed by atoms with Gasteiger partial charge in [-0.3, -0.25) is 29.5 Å². The molecule has 2 N–H and O–H groups in total. The summed E-state index contributed by atoms with van der Waals surface area (Å²) >= 11 is 14.9. The summed E-state index contributed by atoms with van der Waals surface area (Å²) in [6.45, 7) is 1.78. The quantitative estimate of drug-likeness (QED) is 0.116. The van der Waals surface area contributed by atoms with Crippen LogP contribution >= 0.6 is 45.8 Å². The first-order valence-electron chi connectivity index (χ1n) is 16.8. The highest BCUT2D eigenvalue weighted by atomic mass is 127. The number of nitrogens with one attached hydrogen (secondary N) is 1. The van der Waals surface area contributed by atoms with Gasteiger partial charge in [-0.05, 0) is 114 Å². The van der Waals surface area contributed by atoms with Crippen molar-refractivity contribution >= 4 is 80.8 Å². The Morgan fingerprint density at radius 2 is 1.63 bits per heavy atom. The van der Waals surface area contributed by atoms with Crippen LogP contribution in [0.5, 0.6) is 11.5 Å². The summed E-state index contributed by atoms with van der Waals surface area (Å²) in [5.41, 5.74) is 4.54. The lowest BCUT2D eigenvalue weighted by atomic mass is 9.49. The maximum Gasteiger partial charge on any atom is 0.260 e. The number of hydrazine groups is 1. The van der Waals surface area contributed by atoms with E-state index in [0.29, 0.717) is 38.8 Å². The van der Waals surface area contributed by atoms with E-state index in [4.69, 9.17) is 27.9 Å². The predicted octanol–water partition coefficient (Wildman–Crippen LogP) is 7.81. The number of carbonyl (C=O) groups is 4. The van der Waals surface area contributed by atoms with E-state index >= 15 is 4.79 Å². The molecule has 4 aromatic rings. The van der Waals surface area contributed by atoms with Crippen molar-refractivity contribution in [1.82, 2.24) is 5.01 Å². The molecule has 0 bridgehead atoms. The number of methoxy groups -OCH3 is 1. The summed E-state index contributed by atoms with van der Waals surface area (Å²) in [5, 5.41) is 13.4. The van der Waals surface area contributed by atoms with E-state index < -0.39 is 46.8 Å². The molecule has 12 heteroatoms. The molecule has 264 valence electrons. The first-order valence-corrected chi connectivity index (χ1v) is 18.7. The van der Waals surface area contributed by atoms with Crippen LogP contribution in [0.15, 0.2) is 96.6 Å². The molecule has 2 aliphatic heterocycles. The number of nitrogens with zero attached hydrogens (tertiary/aromatic N) is 2. The number of phenolic OH excluding ortho intramolecular Hbond substituents is 1. The smallest absolute Gasteiger partial charge is 0.260 e. The normalized spacial score (nSPS) is 26.6. The highest BCUT2D eigenvalue weighted by Crippen LogP contribution is 2.65. The third kappa shape index (κ3) is 5.08. The number of hydrogen-bond donors (Lipinski definition) is 2. The lowest BCUT2D eigenvalue weighted by Gasteiger charge is -2.50. The maximum atomic E-state index is 15.4. The van der Waals surface area contributed by atoms with Gasteiger partial charge in [0.15, 0.2) is 0 Å². The fraction of sp³-hybridized carbons (Fsp3) is 0.250. The van der Waals surface area contributed by atoms with Crippen LogP contribution in [0.25, 0.3) is 0 Å². The zero-order chi connectivity index (χ0) is 36.6. The van der Waals surface area contributed by atoms with Gasteiger partial charge in [-0.15, -0.1) is 0 Å². The third-order valence-electron chi connectivity index (χ3n) is 11.2. The number of allylic oxidation sites excluding steroid dienone is 2. The Hall–Kier alpha value is -4.39. The molecule has 0 spiro atoms. The molecule has 2 aliphatic carbocycles. The summed E-state index contributed by atoms with van der Waals surface area (Å²) in [5.74, 6) is -5.02. The fourth-order valence-corrected chi connectivity index (χ4v) is 9.76. The van der Waals surface area contributed by atoms with Gasteiger partial charge in [-0.25, -0.2) is 0 Å². The van der Waals surface area contributed by atoms with Gasteiger partial charge in [-0.1, -0.05) is 65.2 Å².